The molecule has 7 heteroatoms. The highest BCUT2D eigenvalue weighted by Crippen LogP contribution is 2.49. The minimum Gasteiger partial charge on any atom is -0.342 e. The molecule has 1 aliphatic rings. The molecule has 1 N–H and O–H groups in total. The molecule has 0 saturated carbocycles. The van der Waals surface area contributed by atoms with Gasteiger partial charge in [-0.2, -0.15) is 13.2 Å². The van der Waals surface area contributed by atoms with Crippen LogP contribution in [0.25, 0.3) is 0 Å². The summed E-state index contributed by atoms with van der Waals surface area (Å²) in [5.74, 6) is -0.419. The largest absolute Gasteiger partial charge is 0.411 e. The molecular weight excluding hydrogens is 313 g/mol. The first-order valence-electron chi connectivity index (χ1n) is 7.42. The van der Waals surface area contributed by atoms with Gasteiger partial charge in [-0.3, -0.25) is 0 Å². The van der Waals surface area contributed by atoms with E-state index in [1.165, 1.54) is 0 Å². The molecule has 0 radical (unpaired) electrons. The van der Waals surface area contributed by atoms with E-state index in [0.717, 1.165) is 5.56 Å². The Balaban J connectivity index is 2.40. The maximum absolute atomic E-state index is 12.5. The monoisotopic (exact) mass is 334 g/mol. The normalized spacial score (nSPS) is 25.3. The Labute approximate surface area is 133 Å². The standard InChI is InChI=1S/C16H21F3O4/c1-4-15(2,3)12-10-7-5-6-8-11(10)13(23-20)22-14(12)21-9-16(17,18)19/h5-8,12-14,20H,4,9H2,1-3H3/t12-,13-,14-/m0/s1. The van der Waals surface area contributed by atoms with Gasteiger partial charge in [0.2, 0.25) is 6.29 Å². The summed E-state index contributed by atoms with van der Waals surface area (Å²) in [6, 6.07) is 7.06. The Morgan fingerprint density at radius 1 is 1.17 bits per heavy atom. The summed E-state index contributed by atoms with van der Waals surface area (Å²) in [6.45, 7) is 4.43. The molecule has 0 aromatic heterocycles. The highest BCUT2D eigenvalue weighted by molar-refractivity contribution is 5.35. The molecule has 130 valence electrons. The Morgan fingerprint density at radius 2 is 1.78 bits per heavy atom. The summed E-state index contributed by atoms with van der Waals surface area (Å²) in [7, 11) is 0. The van der Waals surface area contributed by atoms with E-state index >= 15 is 0 Å². The van der Waals surface area contributed by atoms with Crippen LogP contribution < -0.4 is 0 Å². The number of ether oxygens (including phenoxy) is 2. The van der Waals surface area contributed by atoms with E-state index in [9.17, 15) is 13.2 Å². The molecule has 1 heterocycles. The average Bonchev–Trinajstić information content (AvgIpc) is 2.50. The van der Waals surface area contributed by atoms with Crippen molar-refractivity contribution in [3.63, 3.8) is 0 Å². The molecule has 4 nitrogen and oxygen atoms in total. The van der Waals surface area contributed by atoms with Crippen molar-refractivity contribution in [2.75, 3.05) is 6.61 Å². The third-order valence-corrected chi connectivity index (χ3v) is 4.38. The molecule has 23 heavy (non-hydrogen) atoms. The fourth-order valence-electron chi connectivity index (χ4n) is 2.83. The number of alkyl halides is 3. The zero-order valence-electron chi connectivity index (χ0n) is 13.3. The number of rotatable bonds is 5. The lowest BCUT2D eigenvalue weighted by Crippen LogP contribution is -2.42. The van der Waals surface area contributed by atoms with E-state index in [2.05, 4.69) is 4.89 Å². The molecule has 2 rings (SSSR count). The van der Waals surface area contributed by atoms with E-state index in [4.69, 9.17) is 14.7 Å². The summed E-state index contributed by atoms with van der Waals surface area (Å²) >= 11 is 0. The first-order valence-corrected chi connectivity index (χ1v) is 7.42. The smallest absolute Gasteiger partial charge is 0.342 e. The predicted molar refractivity (Wildman–Crippen MR) is 76.6 cm³/mol. The lowest BCUT2D eigenvalue weighted by Gasteiger charge is -2.44. The van der Waals surface area contributed by atoms with Crippen LogP contribution in [-0.4, -0.2) is 24.3 Å². The van der Waals surface area contributed by atoms with Crippen LogP contribution in [0.15, 0.2) is 24.3 Å². The molecule has 0 unspecified atom stereocenters. The van der Waals surface area contributed by atoms with Gasteiger partial charge in [-0.15, -0.1) is 0 Å². The lowest BCUT2D eigenvalue weighted by molar-refractivity contribution is -0.393. The van der Waals surface area contributed by atoms with Gasteiger partial charge in [0.15, 0.2) is 6.29 Å². The zero-order valence-corrected chi connectivity index (χ0v) is 13.3. The second-order valence-electron chi connectivity index (χ2n) is 6.32. The van der Waals surface area contributed by atoms with Crippen LogP contribution in [0.1, 0.15) is 50.5 Å². The summed E-state index contributed by atoms with van der Waals surface area (Å²) in [6.07, 6.45) is -6.09. The van der Waals surface area contributed by atoms with Crippen LogP contribution >= 0.6 is 0 Å². The quantitative estimate of drug-likeness (QED) is 0.630. The first kappa shape index (κ1) is 18.2. The second kappa shape index (κ2) is 6.76. The molecule has 1 aromatic rings. The topological polar surface area (TPSA) is 47.9 Å². The highest BCUT2D eigenvalue weighted by atomic mass is 19.4. The Kier molecular flexibility index (Phi) is 5.35. The molecule has 0 saturated heterocycles. The van der Waals surface area contributed by atoms with Crippen molar-refractivity contribution < 1.29 is 32.8 Å². The molecule has 0 aliphatic carbocycles. The summed E-state index contributed by atoms with van der Waals surface area (Å²) in [5.41, 5.74) is 0.984. The van der Waals surface area contributed by atoms with Gasteiger partial charge < -0.3 is 9.47 Å². The number of fused-ring (bicyclic) bond motifs is 1. The fraction of sp³-hybridized carbons (Fsp3) is 0.625. The lowest BCUT2D eigenvalue weighted by atomic mass is 9.70. The van der Waals surface area contributed by atoms with Crippen LogP contribution in [0, 0.1) is 5.41 Å². The Morgan fingerprint density at radius 3 is 2.30 bits per heavy atom. The van der Waals surface area contributed by atoms with Crippen molar-refractivity contribution in [2.45, 2.75) is 51.9 Å². The van der Waals surface area contributed by atoms with Gasteiger partial charge >= 0.3 is 6.18 Å². The van der Waals surface area contributed by atoms with Crippen molar-refractivity contribution in [1.29, 1.82) is 0 Å². The predicted octanol–water partition coefficient (Wildman–Crippen LogP) is 4.63. The molecule has 0 bridgehead atoms. The molecule has 0 fully saturated rings. The van der Waals surface area contributed by atoms with Gasteiger partial charge in [-0.25, -0.2) is 10.1 Å². The van der Waals surface area contributed by atoms with Gasteiger partial charge in [0.05, 0.1) is 0 Å². The maximum atomic E-state index is 12.5. The summed E-state index contributed by atoms with van der Waals surface area (Å²) < 4.78 is 48.1. The summed E-state index contributed by atoms with van der Waals surface area (Å²) in [4.78, 5) is 4.29. The zero-order chi connectivity index (χ0) is 17.3. The fourth-order valence-corrected chi connectivity index (χ4v) is 2.83. The minimum atomic E-state index is -4.46. The molecule has 0 amide bonds. The third kappa shape index (κ3) is 4.03. The van der Waals surface area contributed by atoms with Gasteiger partial charge in [-0.05, 0) is 11.0 Å². The van der Waals surface area contributed by atoms with Gasteiger partial charge in [-0.1, -0.05) is 51.5 Å². The number of hydrogen-bond acceptors (Lipinski definition) is 4. The van der Waals surface area contributed by atoms with E-state index in [0.29, 0.717) is 12.0 Å². The van der Waals surface area contributed by atoms with E-state index in [1.54, 1.807) is 24.3 Å². The number of benzene rings is 1. The van der Waals surface area contributed by atoms with Crippen molar-refractivity contribution >= 4 is 0 Å². The van der Waals surface area contributed by atoms with Gasteiger partial charge in [0.1, 0.15) is 6.61 Å². The first-order chi connectivity index (χ1) is 10.7. The molecule has 1 aromatic carbocycles. The molecule has 0 spiro atoms. The number of hydrogen-bond donors (Lipinski definition) is 1. The van der Waals surface area contributed by atoms with Crippen LogP contribution in [-0.2, 0) is 14.4 Å². The van der Waals surface area contributed by atoms with Crippen molar-refractivity contribution in [2.24, 2.45) is 5.41 Å². The molecule has 3 atom stereocenters. The van der Waals surface area contributed by atoms with Crippen molar-refractivity contribution in [3.8, 4) is 0 Å². The van der Waals surface area contributed by atoms with Crippen LogP contribution in [0.3, 0.4) is 0 Å². The maximum Gasteiger partial charge on any atom is 0.411 e. The third-order valence-electron chi connectivity index (χ3n) is 4.38. The SMILES string of the molecule is CCC(C)(C)[C@H]1c2ccccc2[C@H](OO)O[C@@H]1OCC(F)(F)F. The van der Waals surface area contributed by atoms with Crippen LogP contribution in [0.2, 0.25) is 0 Å². The molecule has 1 aliphatic heterocycles. The van der Waals surface area contributed by atoms with Crippen LogP contribution in [0.5, 0.6) is 0 Å². The second-order valence-corrected chi connectivity index (χ2v) is 6.32. The summed E-state index contributed by atoms with van der Waals surface area (Å²) in [5, 5.41) is 9.03. The number of halogens is 3. The minimum absolute atomic E-state index is 0.368. The van der Waals surface area contributed by atoms with Crippen molar-refractivity contribution in [1.82, 2.24) is 0 Å². The van der Waals surface area contributed by atoms with E-state index in [1.807, 2.05) is 20.8 Å². The van der Waals surface area contributed by atoms with Crippen molar-refractivity contribution in [3.05, 3.63) is 35.4 Å². The Hall–Kier alpha value is -1.15. The highest BCUT2D eigenvalue weighted by Gasteiger charge is 2.45. The van der Waals surface area contributed by atoms with E-state index in [-0.39, 0.29) is 5.41 Å². The average molecular weight is 334 g/mol. The van der Waals surface area contributed by atoms with Gasteiger partial charge in [0, 0.05) is 11.5 Å². The van der Waals surface area contributed by atoms with Gasteiger partial charge in [0.25, 0.3) is 0 Å². The Bertz CT molecular complexity index is 530. The van der Waals surface area contributed by atoms with Crippen LogP contribution in [0.4, 0.5) is 13.2 Å². The van der Waals surface area contributed by atoms with E-state index < -0.39 is 31.3 Å². The molecular formula is C16H21F3O4.